The highest BCUT2D eigenvalue weighted by atomic mass is 16.1. The Balaban J connectivity index is 3.04. The molecule has 1 heteroatoms. The van der Waals surface area contributed by atoms with Crippen molar-refractivity contribution in [3.8, 4) is 0 Å². The summed E-state index contributed by atoms with van der Waals surface area (Å²) in [6, 6.07) is 0. The number of hydrogen-bond donors (Lipinski definition) is 0. The molecule has 0 spiro atoms. The topological polar surface area (TPSA) is 17.1 Å². The van der Waals surface area contributed by atoms with Crippen LogP contribution in [0.15, 0.2) is 12.2 Å². The Bertz CT molecular complexity index is 269. The van der Waals surface area contributed by atoms with Crippen molar-refractivity contribution < 1.29 is 4.79 Å². The Morgan fingerprint density at radius 2 is 0.760 bits per heavy atom. The zero-order valence-electron chi connectivity index (χ0n) is 17.3. The van der Waals surface area contributed by atoms with Crippen molar-refractivity contribution in [2.45, 2.75) is 135 Å². The van der Waals surface area contributed by atoms with E-state index in [4.69, 9.17) is 0 Å². The van der Waals surface area contributed by atoms with Crippen LogP contribution in [-0.4, -0.2) is 6.29 Å². The monoisotopic (exact) mass is 350 g/mol. The predicted octanol–water partition coefficient (Wildman–Crippen LogP) is 8.56. The summed E-state index contributed by atoms with van der Waals surface area (Å²) in [6.07, 6.45) is 32.5. The van der Waals surface area contributed by atoms with Crippen LogP contribution in [0.5, 0.6) is 0 Å². The molecule has 0 aromatic rings. The largest absolute Gasteiger partial charge is 0.303 e. The highest BCUT2D eigenvalue weighted by molar-refractivity contribution is 5.48. The van der Waals surface area contributed by atoms with Gasteiger partial charge in [0.1, 0.15) is 6.29 Å². The zero-order valence-corrected chi connectivity index (χ0v) is 17.3. The molecule has 0 saturated heterocycles. The fraction of sp³-hybridized carbons (Fsp3) is 0.875. The molecule has 0 fully saturated rings. The van der Waals surface area contributed by atoms with Gasteiger partial charge in [-0.3, -0.25) is 0 Å². The minimum Gasteiger partial charge on any atom is -0.303 e. The van der Waals surface area contributed by atoms with Crippen LogP contribution in [0.2, 0.25) is 0 Å². The van der Waals surface area contributed by atoms with E-state index in [-0.39, 0.29) is 0 Å². The lowest BCUT2D eigenvalue weighted by Gasteiger charge is -2.02. The molecule has 25 heavy (non-hydrogen) atoms. The summed E-state index contributed by atoms with van der Waals surface area (Å²) < 4.78 is 0. The third-order valence-corrected chi connectivity index (χ3v) is 5.08. The SMILES string of the molecule is CCCCCCCCC=CCCCCCCCCCCCCCC=O. The molecule has 0 aliphatic heterocycles. The number of carbonyl (C=O) groups is 1. The molecule has 0 unspecified atom stereocenters. The normalized spacial score (nSPS) is 11.4. The Labute approximate surface area is 159 Å². The van der Waals surface area contributed by atoms with Crippen molar-refractivity contribution in [3.05, 3.63) is 12.2 Å². The summed E-state index contributed by atoms with van der Waals surface area (Å²) in [7, 11) is 0. The van der Waals surface area contributed by atoms with Crippen LogP contribution < -0.4 is 0 Å². The van der Waals surface area contributed by atoms with Gasteiger partial charge in [0.15, 0.2) is 0 Å². The second-order valence-electron chi connectivity index (χ2n) is 7.66. The Hall–Kier alpha value is -0.590. The Morgan fingerprint density at radius 3 is 1.12 bits per heavy atom. The second kappa shape index (κ2) is 23.4. The van der Waals surface area contributed by atoms with Gasteiger partial charge in [-0.05, 0) is 32.1 Å². The van der Waals surface area contributed by atoms with Gasteiger partial charge in [-0.2, -0.15) is 0 Å². The van der Waals surface area contributed by atoms with Crippen LogP contribution >= 0.6 is 0 Å². The van der Waals surface area contributed by atoms with E-state index in [0.29, 0.717) is 0 Å². The Kier molecular flexibility index (Phi) is 22.9. The molecule has 0 rings (SSSR count). The fourth-order valence-electron chi connectivity index (χ4n) is 3.36. The molecule has 0 N–H and O–H groups in total. The molecule has 1 nitrogen and oxygen atoms in total. The third kappa shape index (κ3) is 23.4. The standard InChI is InChI=1S/C24H46O/c1-2-3-4-5-6-7-8-9-10-11-12-13-14-15-16-17-18-19-20-21-22-23-24-25/h9-10,24H,2-8,11-23H2,1H3. The van der Waals surface area contributed by atoms with E-state index >= 15 is 0 Å². The summed E-state index contributed by atoms with van der Waals surface area (Å²) in [5, 5.41) is 0. The van der Waals surface area contributed by atoms with Crippen molar-refractivity contribution >= 4 is 6.29 Å². The molecule has 0 saturated carbocycles. The van der Waals surface area contributed by atoms with Gasteiger partial charge in [-0.25, -0.2) is 0 Å². The number of rotatable bonds is 21. The maximum absolute atomic E-state index is 10.2. The number of unbranched alkanes of at least 4 members (excludes halogenated alkanes) is 18. The molecule has 0 heterocycles. The summed E-state index contributed by atoms with van der Waals surface area (Å²) in [6.45, 7) is 2.28. The van der Waals surface area contributed by atoms with E-state index in [1.54, 1.807) is 0 Å². The first-order valence-corrected chi connectivity index (χ1v) is 11.5. The van der Waals surface area contributed by atoms with Crippen LogP contribution in [0.1, 0.15) is 135 Å². The second-order valence-corrected chi connectivity index (χ2v) is 7.66. The molecule has 0 aromatic carbocycles. The van der Waals surface area contributed by atoms with Gasteiger partial charge in [-0.15, -0.1) is 0 Å². The van der Waals surface area contributed by atoms with Crippen LogP contribution in [0.25, 0.3) is 0 Å². The summed E-state index contributed by atoms with van der Waals surface area (Å²) in [4.78, 5) is 10.2. The minimum atomic E-state index is 0.758. The number of carbonyl (C=O) groups excluding carboxylic acids is 1. The van der Waals surface area contributed by atoms with Gasteiger partial charge >= 0.3 is 0 Å². The van der Waals surface area contributed by atoms with Crippen LogP contribution in [-0.2, 0) is 4.79 Å². The first kappa shape index (κ1) is 24.4. The smallest absolute Gasteiger partial charge is 0.119 e. The summed E-state index contributed by atoms with van der Waals surface area (Å²) in [5.41, 5.74) is 0. The maximum Gasteiger partial charge on any atom is 0.119 e. The number of allylic oxidation sites excluding steroid dienone is 2. The molecule has 148 valence electrons. The molecule has 0 radical (unpaired) electrons. The van der Waals surface area contributed by atoms with E-state index in [1.165, 1.54) is 116 Å². The van der Waals surface area contributed by atoms with Crippen LogP contribution in [0.4, 0.5) is 0 Å². The molecule has 0 aliphatic rings. The molecule has 0 atom stereocenters. The first-order chi connectivity index (χ1) is 12.4. The average Bonchev–Trinajstić information content (AvgIpc) is 2.63. The predicted molar refractivity (Wildman–Crippen MR) is 113 cm³/mol. The minimum absolute atomic E-state index is 0.758. The van der Waals surface area contributed by atoms with Gasteiger partial charge in [0, 0.05) is 6.42 Å². The quantitative estimate of drug-likeness (QED) is 0.115. The van der Waals surface area contributed by atoms with Crippen molar-refractivity contribution in [2.75, 3.05) is 0 Å². The molecule has 0 aliphatic carbocycles. The lowest BCUT2D eigenvalue weighted by Crippen LogP contribution is -1.83. The van der Waals surface area contributed by atoms with Gasteiger partial charge in [-0.1, -0.05) is 109 Å². The zero-order chi connectivity index (χ0) is 18.3. The van der Waals surface area contributed by atoms with Gasteiger partial charge in [0.2, 0.25) is 0 Å². The maximum atomic E-state index is 10.2. The van der Waals surface area contributed by atoms with Gasteiger partial charge < -0.3 is 4.79 Å². The molecular formula is C24H46O. The molecule has 0 bridgehead atoms. The highest BCUT2D eigenvalue weighted by Gasteiger charge is 1.93. The summed E-state index contributed by atoms with van der Waals surface area (Å²) >= 11 is 0. The third-order valence-electron chi connectivity index (χ3n) is 5.08. The van der Waals surface area contributed by atoms with E-state index < -0.39 is 0 Å². The van der Waals surface area contributed by atoms with Gasteiger partial charge in [0.05, 0.1) is 0 Å². The van der Waals surface area contributed by atoms with Crippen molar-refractivity contribution in [2.24, 2.45) is 0 Å². The average molecular weight is 351 g/mol. The van der Waals surface area contributed by atoms with E-state index in [9.17, 15) is 4.79 Å². The lowest BCUT2D eigenvalue weighted by molar-refractivity contribution is -0.107. The first-order valence-electron chi connectivity index (χ1n) is 11.5. The van der Waals surface area contributed by atoms with E-state index in [2.05, 4.69) is 19.1 Å². The van der Waals surface area contributed by atoms with Crippen LogP contribution in [0.3, 0.4) is 0 Å². The van der Waals surface area contributed by atoms with Gasteiger partial charge in [0.25, 0.3) is 0 Å². The van der Waals surface area contributed by atoms with Crippen molar-refractivity contribution in [1.82, 2.24) is 0 Å². The fourth-order valence-corrected chi connectivity index (χ4v) is 3.36. The molecular weight excluding hydrogens is 304 g/mol. The van der Waals surface area contributed by atoms with Crippen LogP contribution in [0, 0.1) is 0 Å². The number of hydrogen-bond acceptors (Lipinski definition) is 1. The van der Waals surface area contributed by atoms with E-state index in [0.717, 1.165) is 19.1 Å². The van der Waals surface area contributed by atoms with E-state index in [1.807, 2.05) is 0 Å². The molecule has 0 aromatic heterocycles. The number of aldehydes is 1. The summed E-state index contributed by atoms with van der Waals surface area (Å²) in [5.74, 6) is 0. The lowest BCUT2D eigenvalue weighted by atomic mass is 10.0. The highest BCUT2D eigenvalue weighted by Crippen LogP contribution is 2.13. The Morgan fingerprint density at radius 1 is 0.440 bits per heavy atom. The van der Waals surface area contributed by atoms with Crippen molar-refractivity contribution in [1.29, 1.82) is 0 Å². The molecule has 0 amide bonds. The van der Waals surface area contributed by atoms with Crippen molar-refractivity contribution in [3.63, 3.8) is 0 Å².